The lowest BCUT2D eigenvalue weighted by molar-refractivity contribution is -0.659. The van der Waals surface area contributed by atoms with Crippen LogP contribution >= 0.6 is 0 Å². The smallest absolute Gasteiger partial charge is 0.213 e. The maximum absolute atomic E-state index is 4.88. The molecule has 32 heavy (non-hydrogen) atoms. The van der Waals surface area contributed by atoms with Crippen LogP contribution in [0.2, 0.25) is 0 Å². The summed E-state index contributed by atoms with van der Waals surface area (Å²) in [5.74, 6) is 2.95. The van der Waals surface area contributed by atoms with E-state index in [9.17, 15) is 0 Å². The summed E-state index contributed by atoms with van der Waals surface area (Å²) < 4.78 is 2.22. The third kappa shape index (κ3) is 4.02. The van der Waals surface area contributed by atoms with Gasteiger partial charge in [0, 0.05) is 39.8 Å². The van der Waals surface area contributed by atoms with Gasteiger partial charge < -0.3 is 0 Å². The molecule has 0 saturated carbocycles. The molecule has 4 aromatic rings. The van der Waals surface area contributed by atoms with Gasteiger partial charge >= 0.3 is 0 Å². The molecule has 0 aliphatic carbocycles. The summed E-state index contributed by atoms with van der Waals surface area (Å²) in [6, 6.07) is 13.2. The molecule has 4 nitrogen and oxygen atoms in total. The number of fused-ring (bicyclic) bond motifs is 1. The third-order valence-electron chi connectivity index (χ3n) is 6.16. The molecule has 4 heteroatoms. The molecular formula is C28H33N4+. The minimum atomic E-state index is 0.246. The van der Waals surface area contributed by atoms with Crippen LogP contribution in [0.1, 0.15) is 67.9 Å². The van der Waals surface area contributed by atoms with Crippen molar-refractivity contribution in [1.29, 1.82) is 0 Å². The maximum atomic E-state index is 4.88. The van der Waals surface area contributed by atoms with Gasteiger partial charge in [0.2, 0.25) is 5.69 Å². The van der Waals surface area contributed by atoms with Crippen LogP contribution in [0.3, 0.4) is 0 Å². The van der Waals surface area contributed by atoms with Crippen LogP contribution in [0.4, 0.5) is 0 Å². The van der Waals surface area contributed by atoms with E-state index in [2.05, 4.69) is 103 Å². The summed E-state index contributed by atoms with van der Waals surface area (Å²) in [6.45, 7) is 15.1. The number of hydrogen-bond donors (Lipinski definition) is 0. The van der Waals surface area contributed by atoms with Crippen molar-refractivity contribution < 1.29 is 4.57 Å². The molecule has 0 aliphatic rings. The molecule has 0 saturated heterocycles. The molecule has 0 bridgehead atoms. The number of hydrogen-bond acceptors (Lipinski definition) is 3. The molecule has 0 radical (unpaired) electrons. The van der Waals surface area contributed by atoms with Crippen LogP contribution in [0.5, 0.6) is 0 Å². The highest BCUT2D eigenvalue weighted by molar-refractivity contribution is 5.96. The fraction of sp³-hybridized carbons (Fsp3) is 0.357. The topological polar surface area (TPSA) is 42.6 Å². The minimum absolute atomic E-state index is 0.246. The zero-order valence-corrected chi connectivity index (χ0v) is 20.5. The summed E-state index contributed by atoms with van der Waals surface area (Å²) in [5.41, 5.74) is 7.41. The summed E-state index contributed by atoms with van der Waals surface area (Å²) in [7, 11) is 2.12. The first-order valence-corrected chi connectivity index (χ1v) is 11.4. The van der Waals surface area contributed by atoms with E-state index in [0.29, 0.717) is 0 Å². The van der Waals surface area contributed by atoms with Gasteiger partial charge in [0.15, 0.2) is 12.0 Å². The van der Waals surface area contributed by atoms with E-state index in [-0.39, 0.29) is 11.8 Å². The van der Waals surface area contributed by atoms with E-state index in [1.165, 1.54) is 33.3 Å². The van der Waals surface area contributed by atoms with E-state index in [1.807, 2.05) is 0 Å². The molecule has 0 spiro atoms. The molecule has 0 unspecified atom stereocenters. The normalized spacial score (nSPS) is 11.7. The second-order valence-corrected chi connectivity index (χ2v) is 9.52. The lowest BCUT2D eigenvalue weighted by Gasteiger charge is -2.13. The number of benzene rings is 2. The number of aromatic nitrogens is 4. The van der Waals surface area contributed by atoms with Gasteiger partial charge in [-0.1, -0.05) is 51.5 Å². The van der Waals surface area contributed by atoms with Gasteiger partial charge in [0.05, 0.1) is 0 Å². The third-order valence-corrected chi connectivity index (χ3v) is 6.16. The Morgan fingerprint density at radius 1 is 0.781 bits per heavy atom. The molecule has 0 aliphatic heterocycles. The second-order valence-electron chi connectivity index (χ2n) is 9.52. The van der Waals surface area contributed by atoms with Gasteiger partial charge in [-0.3, -0.25) is 0 Å². The monoisotopic (exact) mass is 425 g/mol. The van der Waals surface area contributed by atoms with E-state index in [0.717, 1.165) is 28.4 Å². The summed E-state index contributed by atoms with van der Waals surface area (Å²) in [4.78, 5) is 14.5. The van der Waals surface area contributed by atoms with Gasteiger partial charge in [-0.2, -0.15) is 0 Å². The Morgan fingerprint density at radius 2 is 1.44 bits per heavy atom. The molecule has 0 fully saturated rings. The van der Waals surface area contributed by atoms with Crippen molar-refractivity contribution >= 4 is 10.8 Å². The summed E-state index contributed by atoms with van der Waals surface area (Å²) in [6.07, 6.45) is 2.21. The SMILES string of the molecule is Cc1cc(C)c(C)c(-c2cc3c(-c4nc(C(C)C)nc(C(C)C)n4)cccc3c[n+]2C)c1. The van der Waals surface area contributed by atoms with Crippen molar-refractivity contribution in [3.63, 3.8) is 0 Å². The fourth-order valence-electron chi connectivity index (χ4n) is 4.19. The highest BCUT2D eigenvalue weighted by Gasteiger charge is 2.20. The van der Waals surface area contributed by atoms with E-state index >= 15 is 0 Å². The molecule has 164 valence electrons. The number of rotatable bonds is 4. The molecule has 2 heterocycles. The van der Waals surface area contributed by atoms with Crippen molar-refractivity contribution in [2.24, 2.45) is 7.05 Å². The molecule has 0 amide bonds. The molecule has 0 N–H and O–H groups in total. The van der Waals surface area contributed by atoms with E-state index in [4.69, 9.17) is 15.0 Å². The first kappa shape index (κ1) is 22.1. The van der Waals surface area contributed by atoms with Crippen LogP contribution in [0.25, 0.3) is 33.4 Å². The average Bonchev–Trinajstić information content (AvgIpc) is 2.75. The first-order chi connectivity index (χ1) is 15.2. The van der Waals surface area contributed by atoms with Crippen molar-refractivity contribution in [3.8, 4) is 22.6 Å². The fourth-order valence-corrected chi connectivity index (χ4v) is 4.19. The largest absolute Gasteiger partial charge is 0.217 e. The minimum Gasteiger partial charge on any atom is -0.217 e. The Hall–Kier alpha value is -3.14. The lowest BCUT2D eigenvalue weighted by atomic mass is 9.95. The van der Waals surface area contributed by atoms with Crippen LogP contribution < -0.4 is 4.57 Å². The van der Waals surface area contributed by atoms with Gasteiger partial charge in [0.1, 0.15) is 18.7 Å². The summed E-state index contributed by atoms with van der Waals surface area (Å²) >= 11 is 0. The summed E-state index contributed by atoms with van der Waals surface area (Å²) in [5, 5.41) is 2.34. The van der Waals surface area contributed by atoms with Gasteiger partial charge in [0.25, 0.3) is 0 Å². The zero-order chi connectivity index (χ0) is 23.2. The predicted octanol–water partition coefficient (Wildman–Crippen LogP) is 6.36. The zero-order valence-electron chi connectivity index (χ0n) is 20.5. The molecular weight excluding hydrogens is 392 g/mol. The molecule has 2 aromatic carbocycles. The Balaban J connectivity index is 2.01. The second kappa shape index (κ2) is 8.42. The lowest BCUT2D eigenvalue weighted by Crippen LogP contribution is -2.30. The van der Waals surface area contributed by atoms with E-state index in [1.54, 1.807) is 0 Å². The van der Waals surface area contributed by atoms with Crippen molar-refractivity contribution in [3.05, 3.63) is 70.9 Å². The number of pyridine rings is 1. The van der Waals surface area contributed by atoms with Crippen LogP contribution in [-0.2, 0) is 7.05 Å². The average molecular weight is 426 g/mol. The van der Waals surface area contributed by atoms with Crippen molar-refractivity contribution in [2.75, 3.05) is 0 Å². The highest BCUT2D eigenvalue weighted by atomic mass is 15.0. The predicted molar refractivity (Wildman–Crippen MR) is 132 cm³/mol. The Labute approximate surface area is 191 Å². The van der Waals surface area contributed by atoms with Crippen LogP contribution in [0.15, 0.2) is 42.6 Å². The van der Waals surface area contributed by atoms with E-state index < -0.39 is 0 Å². The van der Waals surface area contributed by atoms with Crippen LogP contribution in [0, 0.1) is 20.8 Å². The van der Waals surface area contributed by atoms with Crippen molar-refractivity contribution in [2.45, 2.75) is 60.3 Å². The number of aryl methyl sites for hydroxylation is 3. The van der Waals surface area contributed by atoms with Gasteiger partial charge in [-0.05, 0) is 44.0 Å². The van der Waals surface area contributed by atoms with Gasteiger partial charge in [-0.25, -0.2) is 19.5 Å². The highest BCUT2D eigenvalue weighted by Crippen LogP contribution is 2.32. The molecule has 0 atom stereocenters. The first-order valence-electron chi connectivity index (χ1n) is 11.4. The van der Waals surface area contributed by atoms with Gasteiger partial charge in [-0.15, -0.1) is 0 Å². The van der Waals surface area contributed by atoms with Crippen molar-refractivity contribution in [1.82, 2.24) is 15.0 Å². The Morgan fingerprint density at radius 3 is 2.06 bits per heavy atom. The standard InChI is InChI=1S/C28H33N4/c1-16(2)26-29-27(17(3)4)31-28(30-26)22-11-9-10-21-15-32(8)25(14-24(21)22)23-13-18(5)12-19(6)20(23)7/h9-17H,1-8H3/q+1. The Bertz CT molecular complexity index is 1290. The van der Waals surface area contributed by atoms with Crippen LogP contribution in [-0.4, -0.2) is 15.0 Å². The molecule has 2 aromatic heterocycles. The molecule has 4 rings (SSSR count). The Kier molecular flexibility index (Phi) is 5.81. The quantitative estimate of drug-likeness (QED) is 0.358. The maximum Gasteiger partial charge on any atom is 0.213 e. The number of nitrogens with zero attached hydrogens (tertiary/aromatic N) is 4.